The molecule has 3 aliphatic carbocycles. The molecule has 4 aliphatic rings. The lowest BCUT2D eigenvalue weighted by Gasteiger charge is -2.77. The molecule has 0 N–H and O–H groups in total. The third-order valence-electron chi connectivity index (χ3n) is 5.91. The Balaban J connectivity index is 1.74. The lowest BCUT2D eigenvalue weighted by molar-refractivity contribution is -0.341. The van der Waals surface area contributed by atoms with Crippen molar-refractivity contribution in [3.8, 4) is 0 Å². The molecule has 0 aromatic heterocycles. The van der Waals surface area contributed by atoms with Crippen LogP contribution < -0.4 is 0 Å². The third-order valence-corrected chi connectivity index (χ3v) is 7.41. The zero-order valence-electron chi connectivity index (χ0n) is 13.1. The number of hydrogen-bond acceptors (Lipinski definition) is 3. The molecule has 0 aromatic rings. The number of nitrogens with zero attached hydrogens (tertiary/aromatic N) is 2. The normalized spacial score (nSPS) is 48.7. The molecule has 2 bridgehead atoms. The van der Waals surface area contributed by atoms with E-state index in [0.29, 0.717) is 23.3 Å². The van der Waals surface area contributed by atoms with Crippen LogP contribution in [0.5, 0.6) is 0 Å². The largest absolute Gasteiger partial charge is 0.537 e. The Morgan fingerprint density at radius 1 is 1.35 bits per heavy atom. The smallest absolute Gasteiger partial charge is 0.354 e. The average Bonchev–Trinajstić information content (AvgIpc) is 2.42. The molecule has 4 atom stereocenters. The summed E-state index contributed by atoms with van der Waals surface area (Å²) in [4.78, 5) is 0. The standard InChI is InChI=1S/C14H26N2O3P/c1-10-13(2)8-14(10,9-13)11-6-16(20(17)15(3)4)7-12(18-5)19-11/h10-12H,6-9H2,1-5H3/q+1. The fourth-order valence-electron chi connectivity index (χ4n) is 4.55. The monoisotopic (exact) mass is 301 g/mol. The molecule has 0 spiro atoms. The van der Waals surface area contributed by atoms with Crippen LogP contribution in [0.25, 0.3) is 0 Å². The Hall–Kier alpha value is -0.0600. The third kappa shape index (κ3) is 1.91. The molecular weight excluding hydrogens is 275 g/mol. The summed E-state index contributed by atoms with van der Waals surface area (Å²) >= 11 is 0. The van der Waals surface area contributed by atoms with Crippen LogP contribution in [-0.4, -0.2) is 56.0 Å². The number of methoxy groups -OCH3 is 1. The second-order valence-corrected chi connectivity index (χ2v) is 9.10. The van der Waals surface area contributed by atoms with E-state index in [4.69, 9.17) is 9.47 Å². The molecule has 20 heavy (non-hydrogen) atoms. The van der Waals surface area contributed by atoms with Crippen molar-refractivity contribution in [1.82, 2.24) is 9.34 Å². The Morgan fingerprint density at radius 3 is 2.45 bits per heavy atom. The minimum atomic E-state index is -1.50. The summed E-state index contributed by atoms with van der Waals surface area (Å²) in [7, 11) is 3.88. The molecule has 1 saturated heterocycles. The van der Waals surface area contributed by atoms with Gasteiger partial charge in [0.05, 0.1) is 19.2 Å². The van der Waals surface area contributed by atoms with Crippen LogP contribution in [0.2, 0.25) is 0 Å². The lowest BCUT2D eigenvalue weighted by Crippen LogP contribution is -2.74. The van der Waals surface area contributed by atoms with Crippen LogP contribution in [0, 0.1) is 16.7 Å². The maximum Gasteiger partial charge on any atom is 0.537 e. The number of rotatable bonds is 4. The molecule has 4 fully saturated rings. The van der Waals surface area contributed by atoms with Gasteiger partial charge in [-0.3, -0.25) is 0 Å². The van der Waals surface area contributed by atoms with Gasteiger partial charge < -0.3 is 9.47 Å². The molecule has 1 aliphatic heterocycles. The highest BCUT2D eigenvalue weighted by atomic mass is 31.1. The van der Waals surface area contributed by atoms with E-state index in [-0.39, 0.29) is 12.4 Å². The van der Waals surface area contributed by atoms with Crippen molar-refractivity contribution in [2.75, 3.05) is 34.3 Å². The van der Waals surface area contributed by atoms with Crippen molar-refractivity contribution in [1.29, 1.82) is 0 Å². The predicted octanol–water partition coefficient (Wildman–Crippen LogP) is 2.31. The van der Waals surface area contributed by atoms with Crippen molar-refractivity contribution in [2.45, 2.75) is 39.1 Å². The van der Waals surface area contributed by atoms with Crippen molar-refractivity contribution in [3.05, 3.63) is 0 Å². The maximum absolute atomic E-state index is 12.4. The van der Waals surface area contributed by atoms with Crippen LogP contribution in [0.3, 0.4) is 0 Å². The first kappa shape index (κ1) is 14.9. The van der Waals surface area contributed by atoms with E-state index < -0.39 is 8.10 Å². The van der Waals surface area contributed by atoms with E-state index >= 15 is 0 Å². The molecule has 3 saturated carbocycles. The first-order valence-electron chi connectivity index (χ1n) is 7.40. The van der Waals surface area contributed by atoms with Crippen LogP contribution in [-0.2, 0) is 14.0 Å². The summed E-state index contributed by atoms with van der Waals surface area (Å²) in [5.41, 5.74) is 0.824. The number of ether oxygens (including phenoxy) is 2. The van der Waals surface area contributed by atoms with Crippen LogP contribution in [0.1, 0.15) is 26.7 Å². The summed E-state index contributed by atoms with van der Waals surface area (Å²) in [6.45, 7) is 6.05. The molecular formula is C14H26N2O3P+. The highest BCUT2D eigenvalue weighted by Gasteiger charge is 2.74. The Labute approximate surface area is 122 Å². The fourth-order valence-corrected chi connectivity index (χ4v) is 5.62. The van der Waals surface area contributed by atoms with E-state index in [2.05, 4.69) is 13.8 Å². The highest BCUT2D eigenvalue weighted by Crippen LogP contribution is 2.78. The Morgan fingerprint density at radius 2 is 2.00 bits per heavy atom. The predicted molar refractivity (Wildman–Crippen MR) is 77.5 cm³/mol. The van der Waals surface area contributed by atoms with E-state index in [1.807, 2.05) is 18.8 Å². The maximum atomic E-state index is 12.4. The molecule has 0 amide bonds. The minimum absolute atomic E-state index is 0.150. The molecule has 114 valence electrons. The molecule has 1 heterocycles. The SMILES string of the molecule is COC1CN([P+](=O)N(C)C)CC(C23CC(C)(C2)C3C)O1. The van der Waals surface area contributed by atoms with Crippen LogP contribution in [0.4, 0.5) is 0 Å². The van der Waals surface area contributed by atoms with E-state index in [1.54, 1.807) is 11.8 Å². The van der Waals surface area contributed by atoms with Crippen molar-refractivity contribution in [2.24, 2.45) is 16.7 Å². The van der Waals surface area contributed by atoms with Gasteiger partial charge in [0.2, 0.25) is 0 Å². The average molecular weight is 301 g/mol. The van der Waals surface area contributed by atoms with Gasteiger partial charge in [-0.2, -0.15) is 0 Å². The molecule has 4 unspecified atom stereocenters. The summed E-state index contributed by atoms with van der Waals surface area (Å²) in [6, 6.07) is 0. The van der Waals surface area contributed by atoms with Gasteiger partial charge in [-0.1, -0.05) is 23.2 Å². The quantitative estimate of drug-likeness (QED) is 0.745. The van der Waals surface area contributed by atoms with Gasteiger partial charge in [0.25, 0.3) is 0 Å². The van der Waals surface area contributed by atoms with Gasteiger partial charge in [0, 0.05) is 26.6 Å². The summed E-state index contributed by atoms with van der Waals surface area (Å²) < 4.78 is 27.7. The Kier molecular flexibility index (Phi) is 3.51. The number of morpholine rings is 1. The molecule has 4 rings (SSSR count). The highest BCUT2D eigenvalue weighted by molar-refractivity contribution is 7.39. The van der Waals surface area contributed by atoms with Crippen LogP contribution >= 0.6 is 8.10 Å². The minimum Gasteiger partial charge on any atom is -0.354 e. The van der Waals surface area contributed by atoms with E-state index in [1.165, 1.54) is 12.8 Å². The van der Waals surface area contributed by atoms with Crippen molar-refractivity contribution >= 4 is 8.10 Å². The van der Waals surface area contributed by atoms with Gasteiger partial charge >= 0.3 is 8.10 Å². The van der Waals surface area contributed by atoms with Gasteiger partial charge in [0.15, 0.2) is 6.29 Å². The van der Waals surface area contributed by atoms with E-state index in [9.17, 15) is 4.57 Å². The van der Waals surface area contributed by atoms with E-state index in [0.717, 1.165) is 6.54 Å². The lowest BCUT2D eigenvalue weighted by atomic mass is 9.28. The van der Waals surface area contributed by atoms with Gasteiger partial charge in [-0.25, -0.2) is 0 Å². The summed E-state index contributed by atoms with van der Waals surface area (Å²) in [5.74, 6) is 0.703. The first-order valence-corrected chi connectivity index (χ1v) is 8.56. The van der Waals surface area contributed by atoms with Gasteiger partial charge in [-0.05, 0) is 28.7 Å². The molecule has 0 aromatic carbocycles. The second kappa shape index (κ2) is 4.72. The van der Waals surface area contributed by atoms with Crippen molar-refractivity contribution < 1.29 is 14.0 Å². The number of hydrogen-bond donors (Lipinski definition) is 0. The zero-order valence-corrected chi connectivity index (χ0v) is 14.0. The Bertz CT molecular complexity index is 423. The van der Waals surface area contributed by atoms with Crippen molar-refractivity contribution in [3.63, 3.8) is 0 Å². The molecule has 6 heteroatoms. The van der Waals surface area contributed by atoms with Crippen LogP contribution in [0.15, 0.2) is 0 Å². The summed E-state index contributed by atoms with van der Waals surface area (Å²) in [6.07, 6.45) is 2.38. The zero-order chi connectivity index (χ0) is 14.7. The second-order valence-electron chi connectivity index (χ2n) is 7.22. The first-order chi connectivity index (χ1) is 9.32. The van der Waals surface area contributed by atoms with Gasteiger partial charge in [-0.15, -0.1) is 0 Å². The topological polar surface area (TPSA) is 42.0 Å². The summed E-state index contributed by atoms with van der Waals surface area (Å²) in [5, 5.41) is 0. The fraction of sp³-hybridized carbons (Fsp3) is 1.00. The molecule has 5 nitrogen and oxygen atoms in total. The molecule has 0 radical (unpaired) electrons. The van der Waals surface area contributed by atoms with Gasteiger partial charge in [0.1, 0.15) is 0 Å².